The van der Waals surface area contributed by atoms with Crippen LogP contribution < -0.4 is 10.1 Å². The number of amides is 1. The van der Waals surface area contributed by atoms with Gasteiger partial charge in [0.15, 0.2) is 22.9 Å². The van der Waals surface area contributed by atoms with E-state index in [4.69, 9.17) is 4.74 Å². The highest BCUT2D eigenvalue weighted by molar-refractivity contribution is 5.98. The number of halogens is 4. The SMILES string of the molecule is COc1c(F)cccc1-c1cc(C)n2cnc(C(=O)NC(C3CC3)C(F)(F)F)c2n1. The Morgan fingerprint density at radius 2 is 2.07 bits per heavy atom. The van der Waals surface area contributed by atoms with Crippen LogP contribution in [0.3, 0.4) is 0 Å². The molecule has 1 N–H and O–H groups in total. The molecular weight excluding hydrogens is 404 g/mol. The van der Waals surface area contributed by atoms with Gasteiger partial charge in [0.25, 0.3) is 5.91 Å². The molecule has 0 bridgehead atoms. The van der Waals surface area contributed by atoms with Crippen molar-refractivity contribution in [3.05, 3.63) is 47.8 Å². The van der Waals surface area contributed by atoms with Gasteiger partial charge in [-0.3, -0.25) is 9.20 Å². The summed E-state index contributed by atoms with van der Waals surface area (Å²) in [5.41, 5.74) is 1.11. The molecule has 0 saturated heterocycles. The predicted octanol–water partition coefficient (Wildman–Crippen LogP) is 3.92. The first kappa shape index (κ1) is 20.1. The molecule has 0 aliphatic heterocycles. The summed E-state index contributed by atoms with van der Waals surface area (Å²) in [5.74, 6) is -2.19. The summed E-state index contributed by atoms with van der Waals surface area (Å²) >= 11 is 0. The summed E-state index contributed by atoms with van der Waals surface area (Å²) in [4.78, 5) is 21.0. The Balaban J connectivity index is 1.76. The fourth-order valence-electron chi connectivity index (χ4n) is 3.44. The minimum absolute atomic E-state index is 0.0230. The predicted molar refractivity (Wildman–Crippen MR) is 99.7 cm³/mol. The van der Waals surface area contributed by atoms with E-state index < -0.39 is 29.9 Å². The molecule has 0 spiro atoms. The summed E-state index contributed by atoms with van der Waals surface area (Å²) in [6.07, 6.45) is -2.40. The number of methoxy groups -OCH3 is 1. The highest BCUT2D eigenvalue weighted by Crippen LogP contribution is 2.40. The molecule has 1 aromatic carbocycles. The van der Waals surface area contributed by atoms with E-state index in [2.05, 4.69) is 15.3 Å². The molecule has 1 amide bonds. The number of para-hydroxylation sites is 1. The van der Waals surface area contributed by atoms with Gasteiger partial charge in [-0.15, -0.1) is 0 Å². The Morgan fingerprint density at radius 1 is 1.33 bits per heavy atom. The average Bonchev–Trinajstić information content (AvgIpc) is 3.42. The van der Waals surface area contributed by atoms with Gasteiger partial charge in [0.05, 0.1) is 12.8 Å². The maximum Gasteiger partial charge on any atom is 0.408 e. The molecule has 6 nitrogen and oxygen atoms in total. The quantitative estimate of drug-likeness (QED) is 0.633. The third-order valence-electron chi connectivity index (χ3n) is 5.09. The number of nitrogens with one attached hydrogen (secondary N) is 1. The van der Waals surface area contributed by atoms with Crippen molar-refractivity contribution in [3.63, 3.8) is 0 Å². The van der Waals surface area contributed by atoms with Gasteiger partial charge >= 0.3 is 6.18 Å². The van der Waals surface area contributed by atoms with Crippen LogP contribution >= 0.6 is 0 Å². The molecule has 30 heavy (non-hydrogen) atoms. The zero-order valence-electron chi connectivity index (χ0n) is 16.1. The van der Waals surface area contributed by atoms with Gasteiger partial charge < -0.3 is 10.1 Å². The highest BCUT2D eigenvalue weighted by Gasteiger charge is 2.50. The normalized spacial score (nSPS) is 15.3. The molecule has 4 rings (SSSR count). The van der Waals surface area contributed by atoms with E-state index in [1.807, 2.05) is 0 Å². The Labute approximate surface area is 168 Å². The lowest BCUT2D eigenvalue weighted by Crippen LogP contribution is -2.47. The average molecular weight is 422 g/mol. The number of imidazole rings is 1. The molecule has 2 heterocycles. The zero-order valence-corrected chi connectivity index (χ0v) is 16.1. The van der Waals surface area contributed by atoms with Crippen LogP contribution in [0.15, 0.2) is 30.6 Å². The van der Waals surface area contributed by atoms with Crippen LogP contribution in [0.2, 0.25) is 0 Å². The van der Waals surface area contributed by atoms with Crippen LogP contribution in [-0.4, -0.2) is 39.6 Å². The number of carbonyl (C=O) groups is 1. The van der Waals surface area contributed by atoms with E-state index >= 15 is 0 Å². The summed E-state index contributed by atoms with van der Waals surface area (Å²) < 4.78 is 60.6. The van der Waals surface area contributed by atoms with Crippen molar-refractivity contribution in [3.8, 4) is 17.0 Å². The van der Waals surface area contributed by atoms with Crippen molar-refractivity contribution in [2.45, 2.75) is 32.0 Å². The number of aromatic nitrogens is 3. The Hall–Kier alpha value is -3.17. The number of rotatable bonds is 5. The summed E-state index contributed by atoms with van der Waals surface area (Å²) in [6, 6.07) is 4.05. The lowest BCUT2D eigenvalue weighted by molar-refractivity contribution is -0.158. The monoisotopic (exact) mass is 422 g/mol. The maximum atomic E-state index is 14.1. The Morgan fingerprint density at radius 3 is 2.70 bits per heavy atom. The second-order valence-corrected chi connectivity index (χ2v) is 7.22. The van der Waals surface area contributed by atoms with E-state index in [0.717, 1.165) is 0 Å². The van der Waals surface area contributed by atoms with Gasteiger partial charge in [0.2, 0.25) is 0 Å². The highest BCUT2D eigenvalue weighted by atomic mass is 19.4. The summed E-state index contributed by atoms with van der Waals surface area (Å²) in [5, 5.41) is 2.06. The zero-order chi connectivity index (χ0) is 21.6. The van der Waals surface area contributed by atoms with Gasteiger partial charge in [-0.1, -0.05) is 6.07 Å². The fraction of sp³-hybridized carbons (Fsp3) is 0.350. The molecule has 10 heteroatoms. The molecule has 1 aliphatic rings. The van der Waals surface area contributed by atoms with E-state index in [9.17, 15) is 22.4 Å². The van der Waals surface area contributed by atoms with Crippen LogP contribution in [0.1, 0.15) is 29.0 Å². The molecular formula is C20H18F4N4O2. The fourth-order valence-corrected chi connectivity index (χ4v) is 3.44. The Bertz CT molecular complexity index is 1120. The number of aryl methyl sites for hydroxylation is 1. The van der Waals surface area contributed by atoms with Crippen molar-refractivity contribution in [1.29, 1.82) is 0 Å². The molecule has 1 saturated carbocycles. The number of nitrogens with zero attached hydrogens (tertiary/aromatic N) is 3. The third kappa shape index (κ3) is 3.57. The van der Waals surface area contributed by atoms with Crippen LogP contribution in [0.5, 0.6) is 5.75 Å². The van der Waals surface area contributed by atoms with Crippen molar-refractivity contribution in [2.24, 2.45) is 5.92 Å². The van der Waals surface area contributed by atoms with Gasteiger partial charge in [0, 0.05) is 11.3 Å². The van der Waals surface area contributed by atoms with Gasteiger partial charge in [-0.25, -0.2) is 14.4 Å². The largest absolute Gasteiger partial charge is 0.493 e. The topological polar surface area (TPSA) is 68.5 Å². The molecule has 0 radical (unpaired) electrons. The lowest BCUT2D eigenvalue weighted by atomic mass is 10.1. The molecule has 2 aromatic heterocycles. The number of alkyl halides is 3. The standard InChI is InChI=1S/C20H18F4N4O2/c1-10-8-14(12-4-3-5-13(21)16(12)30-2)26-18-15(25-9-28(10)18)19(29)27-17(11-6-7-11)20(22,23)24/h3-5,8-9,11,17H,6-7H2,1-2H3,(H,27,29). The van der Waals surface area contributed by atoms with Crippen LogP contribution in [0, 0.1) is 18.7 Å². The lowest BCUT2D eigenvalue weighted by Gasteiger charge is -2.20. The van der Waals surface area contributed by atoms with E-state index in [0.29, 0.717) is 29.8 Å². The molecule has 158 valence electrons. The van der Waals surface area contributed by atoms with Gasteiger partial charge in [-0.05, 0) is 43.9 Å². The minimum Gasteiger partial charge on any atom is -0.493 e. The number of hydrogen-bond acceptors (Lipinski definition) is 4. The number of hydrogen-bond donors (Lipinski definition) is 1. The van der Waals surface area contributed by atoms with E-state index in [-0.39, 0.29) is 17.1 Å². The number of carbonyl (C=O) groups excluding carboxylic acids is 1. The van der Waals surface area contributed by atoms with Crippen LogP contribution in [-0.2, 0) is 0 Å². The first-order valence-corrected chi connectivity index (χ1v) is 9.26. The van der Waals surface area contributed by atoms with E-state index in [1.165, 1.54) is 30.0 Å². The van der Waals surface area contributed by atoms with Crippen molar-refractivity contribution in [1.82, 2.24) is 19.7 Å². The van der Waals surface area contributed by atoms with Crippen molar-refractivity contribution < 1.29 is 27.1 Å². The van der Waals surface area contributed by atoms with Crippen LogP contribution in [0.25, 0.3) is 16.9 Å². The first-order chi connectivity index (χ1) is 14.2. The third-order valence-corrected chi connectivity index (χ3v) is 5.09. The number of fused-ring (bicyclic) bond motifs is 1. The van der Waals surface area contributed by atoms with Crippen molar-refractivity contribution in [2.75, 3.05) is 7.11 Å². The second-order valence-electron chi connectivity index (χ2n) is 7.22. The smallest absolute Gasteiger partial charge is 0.408 e. The molecule has 1 atom stereocenters. The number of benzene rings is 1. The second kappa shape index (κ2) is 7.26. The van der Waals surface area contributed by atoms with Crippen molar-refractivity contribution >= 4 is 11.6 Å². The molecule has 1 fully saturated rings. The molecule has 3 aromatic rings. The maximum absolute atomic E-state index is 14.1. The molecule has 1 aliphatic carbocycles. The summed E-state index contributed by atoms with van der Waals surface area (Å²) in [7, 11) is 1.32. The number of ether oxygens (including phenoxy) is 1. The summed E-state index contributed by atoms with van der Waals surface area (Å²) in [6.45, 7) is 1.72. The van der Waals surface area contributed by atoms with Crippen LogP contribution in [0.4, 0.5) is 17.6 Å². The minimum atomic E-state index is -4.55. The first-order valence-electron chi connectivity index (χ1n) is 9.26. The Kier molecular flexibility index (Phi) is 4.87. The molecule has 1 unspecified atom stereocenters. The van der Waals surface area contributed by atoms with Gasteiger partial charge in [0.1, 0.15) is 12.4 Å². The van der Waals surface area contributed by atoms with Gasteiger partial charge in [-0.2, -0.15) is 13.2 Å². The van der Waals surface area contributed by atoms with E-state index in [1.54, 1.807) is 19.1 Å².